The molecule has 2 heterocycles. The van der Waals surface area contributed by atoms with Crippen molar-refractivity contribution < 1.29 is 17.6 Å². The van der Waals surface area contributed by atoms with E-state index in [0.29, 0.717) is 24.1 Å². The molecule has 0 radical (unpaired) electrons. The summed E-state index contributed by atoms with van der Waals surface area (Å²) < 4.78 is 41.8. The number of aromatic nitrogens is 2. The molecule has 1 aliphatic rings. The molecular weight excluding hydrogens is 397 g/mol. The number of hydrogen-bond donors (Lipinski definition) is 2. The number of amides is 1. The van der Waals surface area contributed by atoms with Crippen molar-refractivity contribution in [1.82, 2.24) is 15.3 Å². The SMILES string of the molecule is Cc1cc(F)ccc1S(=O)(=O)Nc1nc2ccccc2nc1N1CCNC(=O)C1. The van der Waals surface area contributed by atoms with Gasteiger partial charge in [0.25, 0.3) is 10.0 Å². The first-order valence-electron chi connectivity index (χ1n) is 8.91. The van der Waals surface area contributed by atoms with Crippen LogP contribution in [0.15, 0.2) is 47.4 Å². The van der Waals surface area contributed by atoms with Gasteiger partial charge in [-0.1, -0.05) is 12.1 Å². The lowest BCUT2D eigenvalue weighted by molar-refractivity contribution is -0.120. The van der Waals surface area contributed by atoms with E-state index in [-0.39, 0.29) is 34.5 Å². The van der Waals surface area contributed by atoms with Crippen molar-refractivity contribution in [2.75, 3.05) is 29.3 Å². The predicted molar refractivity (Wildman–Crippen MR) is 107 cm³/mol. The monoisotopic (exact) mass is 415 g/mol. The second-order valence-corrected chi connectivity index (χ2v) is 8.32. The standard InChI is InChI=1S/C19H18FN5O3S/c1-12-10-13(20)6-7-16(12)29(27,28)24-18-19(25-9-8-21-17(26)11-25)23-15-5-3-2-4-14(15)22-18/h2-7,10H,8-9,11H2,1H3,(H,21,26)(H,22,24). The van der Waals surface area contributed by atoms with Crippen LogP contribution >= 0.6 is 0 Å². The molecular formula is C19H18FN5O3S. The predicted octanol–water partition coefficient (Wildman–Crippen LogP) is 1.81. The molecule has 0 aliphatic carbocycles. The summed E-state index contributed by atoms with van der Waals surface area (Å²) in [5.41, 5.74) is 1.35. The number of anilines is 2. The first-order valence-corrected chi connectivity index (χ1v) is 10.4. The molecule has 4 rings (SSSR count). The van der Waals surface area contributed by atoms with Crippen molar-refractivity contribution in [3.05, 3.63) is 53.8 Å². The van der Waals surface area contributed by atoms with E-state index in [4.69, 9.17) is 0 Å². The Kier molecular flexibility index (Phi) is 4.79. The lowest BCUT2D eigenvalue weighted by Crippen LogP contribution is -2.48. The zero-order valence-electron chi connectivity index (χ0n) is 15.5. The molecule has 0 saturated carbocycles. The number of nitrogens with zero attached hydrogens (tertiary/aromatic N) is 3. The normalized spacial score (nSPS) is 14.7. The van der Waals surface area contributed by atoms with Gasteiger partial charge in [-0.3, -0.25) is 9.52 Å². The Morgan fingerprint density at radius 3 is 2.55 bits per heavy atom. The van der Waals surface area contributed by atoms with E-state index in [1.54, 1.807) is 29.2 Å². The van der Waals surface area contributed by atoms with Gasteiger partial charge >= 0.3 is 0 Å². The Labute approximate surface area is 166 Å². The summed E-state index contributed by atoms with van der Waals surface area (Å²) in [6, 6.07) is 10.5. The summed E-state index contributed by atoms with van der Waals surface area (Å²) in [5.74, 6) is -0.426. The highest BCUT2D eigenvalue weighted by Gasteiger charge is 2.26. The number of piperazine rings is 1. The fraction of sp³-hybridized carbons (Fsp3) is 0.211. The van der Waals surface area contributed by atoms with Gasteiger partial charge in [-0.2, -0.15) is 0 Å². The Morgan fingerprint density at radius 2 is 1.86 bits per heavy atom. The largest absolute Gasteiger partial charge is 0.353 e. The molecule has 0 bridgehead atoms. The third-order valence-corrected chi connectivity index (χ3v) is 6.05. The summed E-state index contributed by atoms with van der Waals surface area (Å²) in [6.07, 6.45) is 0. The molecule has 1 saturated heterocycles. The van der Waals surface area contributed by atoms with E-state index >= 15 is 0 Å². The van der Waals surface area contributed by atoms with Crippen LogP contribution in [0.2, 0.25) is 0 Å². The smallest absolute Gasteiger partial charge is 0.263 e. The minimum absolute atomic E-state index is 0.0159. The quantitative estimate of drug-likeness (QED) is 0.674. The Hall–Kier alpha value is -3.27. The summed E-state index contributed by atoms with van der Waals surface area (Å²) in [7, 11) is -4.05. The van der Waals surface area contributed by atoms with Crippen LogP contribution in [0, 0.1) is 12.7 Å². The van der Waals surface area contributed by atoms with Gasteiger partial charge in [0.1, 0.15) is 5.82 Å². The number of nitrogens with one attached hydrogen (secondary N) is 2. The molecule has 0 unspecified atom stereocenters. The number of carbonyl (C=O) groups is 1. The van der Waals surface area contributed by atoms with Crippen LogP contribution in [-0.2, 0) is 14.8 Å². The number of sulfonamides is 1. The average Bonchev–Trinajstić information content (AvgIpc) is 2.67. The van der Waals surface area contributed by atoms with E-state index in [9.17, 15) is 17.6 Å². The van der Waals surface area contributed by atoms with Crippen LogP contribution in [0.3, 0.4) is 0 Å². The number of hydrogen-bond acceptors (Lipinski definition) is 6. The average molecular weight is 415 g/mol. The minimum Gasteiger partial charge on any atom is -0.353 e. The van der Waals surface area contributed by atoms with Gasteiger partial charge < -0.3 is 10.2 Å². The number of rotatable bonds is 4. The lowest BCUT2D eigenvalue weighted by Gasteiger charge is -2.29. The molecule has 2 aromatic carbocycles. The Morgan fingerprint density at radius 1 is 1.14 bits per heavy atom. The van der Waals surface area contributed by atoms with E-state index in [1.807, 2.05) is 0 Å². The molecule has 8 nitrogen and oxygen atoms in total. The molecule has 3 aromatic rings. The van der Waals surface area contributed by atoms with Crippen molar-refractivity contribution in [1.29, 1.82) is 0 Å². The third-order valence-electron chi connectivity index (χ3n) is 4.55. The third kappa shape index (κ3) is 3.83. The van der Waals surface area contributed by atoms with Gasteiger partial charge in [-0.25, -0.2) is 22.8 Å². The number of halogens is 1. The molecule has 10 heteroatoms. The van der Waals surface area contributed by atoms with Crippen molar-refractivity contribution in [2.45, 2.75) is 11.8 Å². The van der Waals surface area contributed by atoms with Crippen LogP contribution in [0.1, 0.15) is 5.56 Å². The van der Waals surface area contributed by atoms with Crippen LogP contribution < -0.4 is 14.9 Å². The maximum atomic E-state index is 13.4. The second-order valence-electron chi connectivity index (χ2n) is 6.67. The summed E-state index contributed by atoms with van der Waals surface area (Å²) in [6.45, 7) is 2.43. The van der Waals surface area contributed by atoms with E-state index in [2.05, 4.69) is 20.0 Å². The maximum absolute atomic E-state index is 13.4. The number of para-hydroxylation sites is 2. The number of fused-ring (bicyclic) bond motifs is 1. The maximum Gasteiger partial charge on any atom is 0.263 e. The minimum atomic E-state index is -4.05. The van der Waals surface area contributed by atoms with Crippen LogP contribution in [-0.4, -0.2) is 43.9 Å². The molecule has 1 aromatic heterocycles. The molecule has 1 aliphatic heterocycles. The van der Waals surface area contributed by atoms with Crippen molar-refractivity contribution in [3.8, 4) is 0 Å². The lowest BCUT2D eigenvalue weighted by atomic mass is 10.2. The molecule has 0 spiro atoms. The zero-order chi connectivity index (χ0) is 20.6. The fourth-order valence-electron chi connectivity index (χ4n) is 3.20. The highest BCUT2D eigenvalue weighted by molar-refractivity contribution is 7.92. The van der Waals surface area contributed by atoms with Gasteiger partial charge in [0, 0.05) is 13.1 Å². The van der Waals surface area contributed by atoms with Crippen LogP contribution in [0.5, 0.6) is 0 Å². The van der Waals surface area contributed by atoms with Gasteiger partial charge in [-0.15, -0.1) is 0 Å². The summed E-state index contributed by atoms with van der Waals surface area (Å²) in [5, 5.41) is 2.72. The van der Waals surface area contributed by atoms with E-state index in [0.717, 1.165) is 12.1 Å². The highest BCUT2D eigenvalue weighted by atomic mass is 32.2. The van der Waals surface area contributed by atoms with Gasteiger partial charge in [-0.05, 0) is 42.8 Å². The molecule has 1 fully saturated rings. The van der Waals surface area contributed by atoms with Crippen LogP contribution in [0.25, 0.3) is 11.0 Å². The van der Waals surface area contributed by atoms with E-state index in [1.165, 1.54) is 13.0 Å². The summed E-state index contributed by atoms with van der Waals surface area (Å²) >= 11 is 0. The first-order chi connectivity index (χ1) is 13.8. The van der Waals surface area contributed by atoms with Crippen molar-refractivity contribution >= 4 is 38.6 Å². The number of carbonyl (C=O) groups excluding carboxylic acids is 1. The van der Waals surface area contributed by atoms with Crippen molar-refractivity contribution in [2.24, 2.45) is 0 Å². The first kappa shape index (κ1) is 19.1. The Bertz CT molecular complexity index is 1220. The molecule has 1 amide bonds. The van der Waals surface area contributed by atoms with Gasteiger partial charge in [0.2, 0.25) is 5.91 Å². The number of benzene rings is 2. The zero-order valence-corrected chi connectivity index (χ0v) is 16.3. The molecule has 150 valence electrons. The summed E-state index contributed by atoms with van der Waals surface area (Å²) in [4.78, 5) is 22.4. The van der Waals surface area contributed by atoms with Gasteiger partial charge in [0.05, 0.1) is 22.5 Å². The van der Waals surface area contributed by atoms with Gasteiger partial charge in [0.15, 0.2) is 11.6 Å². The van der Waals surface area contributed by atoms with Crippen molar-refractivity contribution in [3.63, 3.8) is 0 Å². The molecule has 29 heavy (non-hydrogen) atoms. The molecule has 2 N–H and O–H groups in total. The van der Waals surface area contributed by atoms with E-state index < -0.39 is 15.8 Å². The fourth-order valence-corrected chi connectivity index (χ4v) is 4.43. The second kappa shape index (κ2) is 7.28. The topological polar surface area (TPSA) is 104 Å². The highest BCUT2D eigenvalue weighted by Crippen LogP contribution is 2.28. The van der Waals surface area contributed by atoms with Crippen LogP contribution in [0.4, 0.5) is 16.0 Å². The molecule has 0 atom stereocenters. The Balaban J connectivity index is 1.81. The number of aryl methyl sites for hydroxylation is 1.